The minimum Gasteiger partial charge on any atom is -0.495 e. The number of carbonyl (C=O) groups is 1. The topological polar surface area (TPSA) is 70.6 Å². The molecular weight excluding hydrogens is 470 g/mol. The minimum absolute atomic E-state index is 0.168. The second-order valence-corrected chi connectivity index (χ2v) is 9.61. The fourth-order valence-electron chi connectivity index (χ4n) is 3.90. The van der Waals surface area contributed by atoms with Crippen LogP contribution in [0.4, 0.5) is 17.2 Å². The van der Waals surface area contributed by atoms with Crippen molar-refractivity contribution in [1.82, 2.24) is 10.2 Å². The number of thioether (sulfide) groups is 1. The molecule has 178 valence electrons. The van der Waals surface area contributed by atoms with E-state index in [-0.39, 0.29) is 11.7 Å². The number of carbonyl (C=O) groups excluding carboxylic acids is 1. The van der Waals surface area contributed by atoms with Gasteiger partial charge in [-0.1, -0.05) is 35.5 Å². The number of amides is 1. The molecule has 0 spiro atoms. The van der Waals surface area contributed by atoms with Gasteiger partial charge in [-0.3, -0.25) is 4.79 Å². The van der Waals surface area contributed by atoms with Crippen molar-refractivity contribution in [3.8, 4) is 5.75 Å². The number of piperazine rings is 1. The lowest BCUT2D eigenvalue weighted by atomic mass is 10.1. The first-order valence-corrected chi connectivity index (χ1v) is 12.5. The van der Waals surface area contributed by atoms with E-state index >= 15 is 0 Å². The second-order valence-electron chi connectivity index (χ2n) is 8.18. The molecule has 1 N–H and O–H groups in total. The number of anilines is 3. The fraction of sp³-hybridized carbons (Fsp3) is 0.320. The van der Waals surface area contributed by atoms with E-state index in [1.165, 1.54) is 28.6 Å². The first-order valence-electron chi connectivity index (χ1n) is 11.1. The van der Waals surface area contributed by atoms with Crippen LogP contribution in [0, 0.1) is 13.8 Å². The highest BCUT2D eigenvalue weighted by atomic mass is 35.5. The average molecular weight is 498 g/mol. The van der Waals surface area contributed by atoms with Gasteiger partial charge in [0, 0.05) is 36.9 Å². The lowest BCUT2D eigenvalue weighted by Gasteiger charge is -2.37. The van der Waals surface area contributed by atoms with E-state index in [1.807, 2.05) is 12.1 Å². The number of benzene rings is 2. The van der Waals surface area contributed by atoms with Crippen LogP contribution in [0.1, 0.15) is 11.1 Å². The summed E-state index contributed by atoms with van der Waals surface area (Å²) >= 11 is 7.36. The monoisotopic (exact) mass is 497 g/mol. The number of halogens is 1. The summed E-state index contributed by atoms with van der Waals surface area (Å²) in [6.07, 6.45) is 0. The van der Waals surface area contributed by atoms with Crippen molar-refractivity contribution in [2.75, 3.05) is 54.2 Å². The summed E-state index contributed by atoms with van der Waals surface area (Å²) in [6.45, 7) is 7.95. The van der Waals surface area contributed by atoms with E-state index in [2.05, 4.69) is 57.4 Å². The Kier molecular flexibility index (Phi) is 7.80. The van der Waals surface area contributed by atoms with Crippen molar-refractivity contribution < 1.29 is 9.53 Å². The molecule has 7 nitrogen and oxygen atoms in total. The Morgan fingerprint density at radius 3 is 2.50 bits per heavy atom. The Hall–Kier alpha value is -2.97. The number of nitrogens with one attached hydrogen (secondary N) is 1. The zero-order chi connectivity index (χ0) is 24.1. The third-order valence-electron chi connectivity index (χ3n) is 5.72. The molecule has 0 atom stereocenters. The van der Waals surface area contributed by atoms with Gasteiger partial charge >= 0.3 is 0 Å². The van der Waals surface area contributed by atoms with Gasteiger partial charge in [-0.25, -0.2) is 0 Å². The van der Waals surface area contributed by atoms with Gasteiger partial charge in [0.2, 0.25) is 5.91 Å². The number of hydrogen-bond acceptors (Lipinski definition) is 7. The molecule has 2 heterocycles. The highest BCUT2D eigenvalue weighted by Gasteiger charge is 2.20. The zero-order valence-corrected chi connectivity index (χ0v) is 21.1. The molecule has 1 amide bonds. The number of aromatic nitrogens is 2. The molecule has 9 heteroatoms. The Morgan fingerprint density at radius 2 is 1.79 bits per heavy atom. The molecule has 0 radical (unpaired) electrons. The fourth-order valence-corrected chi connectivity index (χ4v) is 4.68. The molecular formula is C25H28ClN5O2S. The molecule has 1 aliphatic heterocycles. The predicted molar refractivity (Wildman–Crippen MR) is 140 cm³/mol. The quantitative estimate of drug-likeness (QED) is 0.469. The van der Waals surface area contributed by atoms with Gasteiger partial charge in [0.15, 0.2) is 5.82 Å². The van der Waals surface area contributed by atoms with Gasteiger partial charge in [-0.2, -0.15) is 0 Å². The van der Waals surface area contributed by atoms with E-state index < -0.39 is 0 Å². The second kappa shape index (κ2) is 11.0. The van der Waals surface area contributed by atoms with Crippen LogP contribution < -0.4 is 19.9 Å². The van der Waals surface area contributed by atoms with E-state index in [4.69, 9.17) is 16.3 Å². The van der Waals surface area contributed by atoms with Crippen molar-refractivity contribution >= 4 is 46.5 Å². The maximum absolute atomic E-state index is 12.4. The third-order valence-corrected chi connectivity index (χ3v) is 6.88. The van der Waals surface area contributed by atoms with Crippen LogP contribution in [-0.4, -0.2) is 55.1 Å². The van der Waals surface area contributed by atoms with E-state index in [9.17, 15) is 4.79 Å². The number of aryl methyl sites for hydroxylation is 2. The highest BCUT2D eigenvalue weighted by Crippen LogP contribution is 2.28. The average Bonchev–Trinajstić information content (AvgIpc) is 2.85. The molecule has 3 aromatic rings. The normalized spacial score (nSPS) is 13.6. The molecule has 0 aliphatic carbocycles. The number of hydrogen-bond donors (Lipinski definition) is 1. The van der Waals surface area contributed by atoms with Crippen molar-refractivity contribution in [1.29, 1.82) is 0 Å². The first kappa shape index (κ1) is 24.2. The van der Waals surface area contributed by atoms with Crippen molar-refractivity contribution in [3.05, 3.63) is 64.7 Å². The van der Waals surface area contributed by atoms with Gasteiger partial charge in [0.05, 0.1) is 18.6 Å². The molecule has 4 rings (SSSR count). The van der Waals surface area contributed by atoms with Crippen LogP contribution in [0.3, 0.4) is 0 Å². The minimum atomic E-state index is -0.168. The SMILES string of the molecule is COc1ccc(Cl)cc1NC(=O)CSc1ccc(N2CCN(c3cc(C)ccc3C)CC2)nn1. The van der Waals surface area contributed by atoms with Gasteiger partial charge in [0.25, 0.3) is 0 Å². The number of nitrogens with zero attached hydrogens (tertiary/aromatic N) is 4. The summed E-state index contributed by atoms with van der Waals surface area (Å²) in [7, 11) is 1.55. The van der Waals surface area contributed by atoms with Crippen molar-refractivity contribution in [2.24, 2.45) is 0 Å². The van der Waals surface area contributed by atoms with E-state index in [0.29, 0.717) is 21.5 Å². The van der Waals surface area contributed by atoms with Crippen LogP contribution in [0.25, 0.3) is 0 Å². The molecule has 0 saturated carbocycles. The van der Waals surface area contributed by atoms with Crippen molar-refractivity contribution in [2.45, 2.75) is 18.9 Å². The zero-order valence-electron chi connectivity index (χ0n) is 19.5. The molecule has 1 aliphatic rings. The van der Waals surface area contributed by atoms with Crippen LogP contribution in [0.15, 0.2) is 53.6 Å². The lowest BCUT2D eigenvalue weighted by Crippen LogP contribution is -2.47. The third kappa shape index (κ3) is 5.93. The van der Waals surface area contributed by atoms with Crippen LogP contribution in [-0.2, 0) is 4.79 Å². The standard InChI is InChI=1S/C25H28ClN5O2S/c1-17-4-5-18(2)21(14-17)30-10-12-31(13-11-30)23-8-9-25(29-28-23)34-16-24(32)27-20-15-19(26)6-7-22(20)33-3/h4-9,14-15H,10-13,16H2,1-3H3,(H,27,32). The molecule has 2 aromatic carbocycles. The molecule has 0 unspecified atom stereocenters. The summed E-state index contributed by atoms with van der Waals surface area (Å²) in [4.78, 5) is 17.1. The lowest BCUT2D eigenvalue weighted by molar-refractivity contribution is -0.113. The first-order chi connectivity index (χ1) is 16.4. The van der Waals surface area contributed by atoms with Crippen LogP contribution >= 0.6 is 23.4 Å². The van der Waals surface area contributed by atoms with Crippen LogP contribution in [0.2, 0.25) is 5.02 Å². The molecule has 1 fully saturated rings. The van der Waals surface area contributed by atoms with Gasteiger partial charge in [-0.15, -0.1) is 10.2 Å². The summed E-state index contributed by atoms with van der Waals surface area (Å²) in [5.74, 6) is 1.46. The smallest absolute Gasteiger partial charge is 0.234 e. The molecule has 1 aromatic heterocycles. The largest absolute Gasteiger partial charge is 0.495 e. The van der Waals surface area contributed by atoms with Crippen molar-refractivity contribution in [3.63, 3.8) is 0 Å². The number of methoxy groups -OCH3 is 1. The maximum atomic E-state index is 12.4. The van der Waals surface area contributed by atoms with Gasteiger partial charge in [0.1, 0.15) is 10.8 Å². The number of ether oxygens (including phenoxy) is 1. The highest BCUT2D eigenvalue weighted by molar-refractivity contribution is 7.99. The van der Waals surface area contributed by atoms with Crippen LogP contribution in [0.5, 0.6) is 5.75 Å². The van der Waals surface area contributed by atoms with E-state index in [0.717, 1.165) is 32.0 Å². The van der Waals surface area contributed by atoms with E-state index in [1.54, 1.807) is 25.3 Å². The predicted octanol–water partition coefficient (Wildman–Crippen LogP) is 4.81. The summed E-state index contributed by atoms with van der Waals surface area (Å²) in [5, 5.41) is 12.8. The summed E-state index contributed by atoms with van der Waals surface area (Å²) < 4.78 is 5.27. The maximum Gasteiger partial charge on any atom is 0.234 e. The Morgan fingerprint density at radius 1 is 1.03 bits per heavy atom. The summed E-state index contributed by atoms with van der Waals surface area (Å²) in [6, 6.07) is 15.6. The Labute approximate surface area is 209 Å². The molecule has 1 saturated heterocycles. The number of rotatable bonds is 7. The summed E-state index contributed by atoms with van der Waals surface area (Å²) in [5.41, 5.74) is 4.44. The van der Waals surface area contributed by atoms with Gasteiger partial charge < -0.3 is 19.9 Å². The van der Waals surface area contributed by atoms with Gasteiger partial charge in [-0.05, 0) is 61.4 Å². The molecule has 0 bridgehead atoms. The Bertz CT molecular complexity index is 1150. The molecule has 34 heavy (non-hydrogen) atoms. The Balaban J connectivity index is 1.29.